The summed E-state index contributed by atoms with van der Waals surface area (Å²) >= 11 is 1.85. The van der Waals surface area contributed by atoms with Crippen LogP contribution in [0.15, 0.2) is 12.1 Å². The average Bonchev–Trinajstić information content (AvgIpc) is 2.72. The molecule has 3 nitrogen and oxygen atoms in total. The minimum Gasteiger partial charge on any atom is -0.388 e. The van der Waals surface area contributed by atoms with E-state index in [2.05, 4.69) is 31.3 Å². The first kappa shape index (κ1) is 15.6. The number of aryl methyl sites for hydroxylation is 1. The maximum Gasteiger partial charge on any atom is 0.0869 e. The predicted molar refractivity (Wildman–Crippen MR) is 79.3 cm³/mol. The van der Waals surface area contributed by atoms with Crippen LogP contribution < -0.4 is 5.32 Å². The third kappa shape index (κ3) is 5.06. The molecular weight excluding hydrogens is 244 g/mol. The summed E-state index contributed by atoms with van der Waals surface area (Å²) in [5.74, 6) is 0. The van der Waals surface area contributed by atoms with E-state index in [0.717, 1.165) is 6.42 Å². The molecule has 0 bridgehead atoms. The Bertz CT molecular complexity index is 360. The van der Waals surface area contributed by atoms with Gasteiger partial charge in [0, 0.05) is 28.9 Å². The third-order valence-electron chi connectivity index (χ3n) is 2.90. The van der Waals surface area contributed by atoms with E-state index in [1.165, 1.54) is 9.75 Å². The molecule has 0 amide bonds. The average molecular weight is 270 g/mol. The van der Waals surface area contributed by atoms with Crippen molar-refractivity contribution in [2.24, 2.45) is 0 Å². The van der Waals surface area contributed by atoms with Gasteiger partial charge in [0.2, 0.25) is 0 Å². The third-order valence-corrected chi connectivity index (χ3v) is 4.32. The van der Waals surface area contributed by atoms with Crippen LogP contribution in [0.5, 0.6) is 0 Å². The standard InChI is InChI=1S/C14H26N2OS/c1-6-12-7-8-13(18-12)11(2)15-9-14(3,17)10-16(4)5/h7-8,11,15,17H,6,9-10H2,1-5H3. The highest BCUT2D eigenvalue weighted by molar-refractivity contribution is 7.12. The van der Waals surface area contributed by atoms with Crippen molar-refractivity contribution in [3.05, 3.63) is 21.9 Å². The predicted octanol–water partition coefficient (Wildman–Crippen LogP) is 2.27. The van der Waals surface area contributed by atoms with Crippen molar-refractivity contribution >= 4 is 11.3 Å². The maximum atomic E-state index is 10.2. The first-order valence-corrected chi connectivity index (χ1v) is 7.35. The zero-order valence-corrected chi connectivity index (χ0v) is 13.0. The molecule has 1 aromatic heterocycles. The highest BCUT2D eigenvalue weighted by atomic mass is 32.1. The molecule has 1 rings (SSSR count). The largest absolute Gasteiger partial charge is 0.388 e. The normalized spacial score (nSPS) is 16.8. The van der Waals surface area contributed by atoms with Gasteiger partial charge < -0.3 is 15.3 Å². The van der Waals surface area contributed by atoms with Crippen LogP contribution >= 0.6 is 11.3 Å². The van der Waals surface area contributed by atoms with Gasteiger partial charge in [0.25, 0.3) is 0 Å². The Morgan fingerprint density at radius 1 is 1.44 bits per heavy atom. The molecule has 2 atom stereocenters. The van der Waals surface area contributed by atoms with Gasteiger partial charge in [0.15, 0.2) is 0 Å². The summed E-state index contributed by atoms with van der Waals surface area (Å²) in [7, 11) is 3.95. The Morgan fingerprint density at radius 3 is 2.61 bits per heavy atom. The van der Waals surface area contributed by atoms with E-state index in [1.807, 2.05) is 37.3 Å². The molecule has 0 radical (unpaired) electrons. The number of thiophene rings is 1. The number of hydrogen-bond acceptors (Lipinski definition) is 4. The summed E-state index contributed by atoms with van der Waals surface area (Å²) in [5, 5.41) is 13.6. The van der Waals surface area contributed by atoms with Crippen molar-refractivity contribution in [3.8, 4) is 0 Å². The fourth-order valence-corrected chi connectivity index (χ4v) is 3.01. The Kier molecular flexibility index (Phi) is 5.79. The van der Waals surface area contributed by atoms with Gasteiger partial charge in [-0.1, -0.05) is 6.92 Å². The Labute approximate surface area is 115 Å². The molecule has 2 unspecified atom stereocenters. The first-order chi connectivity index (χ1) is 8.34. The van der Waals surface area contributed by atoms with Crippen LogP contribution in [0.3, 0.4) is 0 Å². The molecule has 0 aliphatic rings. The topological polar surface area (TPSA) is 35.5 Å². The maximum absolute atomic E-state index is 10.2. The summed E-state index contributed by atoms with van der Waals surface area (Å²) in [5.41, 5.74) is -0.692. The number of hydrogen-bond donors (Lipinski definition) is 2. The van der Waals surface area contributed by atoms with E-state index in [1.54, 1.807) is 0 Å². The molecule has 0 aliphatic heterocycles. The Hall–Kier alpha value is -0.420. The molecule has 0 spiro atoms. The quantitative estimate of drug-likeness (QED) is 0.798. The van der Waals surface area contributed by atoms with Crippen molar-refractivity contribution in [1.82, 2.24) is 10.2 Å². The van der Waals surface area contributed by atoms with Crippen LogP contribution in [-0.4, -0.2) is 42.8 Å². The summed E-state index contributed by atoms with van der Waals surface area (Å²) in [6.45, 7) is 7.47. The highest BCUT2D eigenvalue weighted by Crippen LogP contribution is 2.23. The van der Waals surface area contributed by atoms with Crippen LogP contribution in [0.2, 0.25) is 0 Å². The molecule has 1 aromatic rings. The monoisotopic (exact) mass is 270 g/mol. The first-order valence-electron chi connectivity index (χ1n) is 6.53. The number of rotatable bonds is 7. The van der Waals surface area contributed by atoms with E-state index in [9.17, 15) is 5.11 Å². The van der Waals surface area contributed by atoms with E-state index < -0.39 is 5.60 Å². The van der Waals surface area contributed by atoms with Crippen molar-refractivity contribution in [1.29, 1.82) is 0 Å². The molecule has 0 aromatic carbocycles. The van der Waals surface area contributed by atoms with E-state index in [0.29, 0.717) is 19.1 Å². The fourth-order valence-electron chi connectivity index (χ4n) is 2.03. The van der Waals surface area contributed by atoms with Crippen LogP contribution in [0.25, 0.3) is 0 Å². The van der Waals surface area contributed by atoms with Crippen LogP contribution in [0.1, 0.15) is 36.6 Å². The lowest BCUT2D eigenvalue weighted by Crippen LogP contribution is -2.46. The van der Waals surface area contributed by atoms with Crippen molar-refractivity contribution in [2.45, 2.75) is 38.8 Å². The molecular formula is C14H26N2OS. The summed E-state index contributed by atoms with van der Waals surface area (Å²) in [6.07, 6.45) is 1.09. The second kappa shape index (κ2) is 6.66. The van der Waals surface area contributed by atoms with E-state index in [4.69, 9.17) is 0 Å². The molecule has 0 fully saturated rings. The van der Waals surface area contributed by atoms with Gasteiger partial charge in [0.05, 0.1) is 5.60 Å². The lowest BCUT2D eigenvalue weighted by atomic mass is 10.1. The van der Waals surface area contributed by atoms with Gasteiger partial charge in [-0.2, -0.15) is 0 Å². The molecule has 0 aliphatic carbocycles. The number of nitrogens with one attached hydrogen (secondary N) is 1. The summed E-state index contributed by atoms with van der Waals surface area (Å²) in [4.78, 5) is 4.76. The minimum absolute atomic E-state index is 0.295. The van der Waals surface area contributed by atoms with Gasteiger partial charge in [-0.15, -0.1) is 11.3 Å². The minimum atomic E-state index is -0.692. The fraction of sp³-hybridized carbons (Fsp3) is 0.714. The van der Waals surface area contributed by atoms with Crippen LogP contribution in [0.4, 0.5) is 0 Å². The highest BCUT2D eigenvalue weighted by Gasteiger charge is 2.22. The van der Waals surface area contributed by atoms with Crippen molar-refractivity contribution < 1.29 is 5.11 Å². The SMILES string of the molecule is CCc1ccc(C(C)NCC(C)(O)CN(C)C)s1. The molecule has 2 N–H and O–H groups in total. The van der Waals surface area contributed by atoms with E-state index in [-0.39, 0.29) is 0 Å². The van der Waals surface area contributed by atoms with Gasteiger partial charge >= 0.3 is 0 Å². The molecule has 0 saturated carbocycles. The van der Waals surface area contributed by atoms with Crippen LogP contribution in [-0.2, 0) is 6.42 Å². The smallest absolute Gasteiger partial charge is 0.0869 e. The number of likely N-dealkylation sites (N-methyl/N-ethyl adjacent to an activating group) is 1. The summed E-state index contributed by atoms with van der Waals surface area (Å²) < 4.78 is 0. The van der Waals surface area contributed by atoms with Crippen molar-refractivity contribution in [2.75, 3.05) is 27.2 Å². The second-order valence-corrected chi connectivity index (χ2v) is 6.69. The number of aliphatic hydroxyl groups is 1. The summed E-state index contributed by atoms with van der Waals surface area (Å²) in [6, 6.07) is 4.67. The molecule has 104 valence electrons. The second-order valence-electron chi connectivity index (χ2n) is 5.49. The molecule has 18 heavy (non-hydrogen) atoms. The zero-order valence-electron chi connectivity index (χ0n) is 12.2. The van der Waals surface area contributed by atoms with Gasteiger partial charge in [-0.05, 0) is 46.5 Å². The molecule has 0 saturated heterocycles. The Morgan fingerprint density at radius 2 is 2.11 bits per heavy atom. The molecule has 1 heterocycles. The lowest BCUT2D eigenvalue weighted by molar-refractivity contribution is 0.0318. The Balaban J connectivity index is 2.47. The van der Waals surface area contributed by atoms with Crippen LogP contribution in [0, 0.1) is 0 Å². The van der Waals surface area contributed by atoms with Crippen molar-refractivity contribution in [3.63, 3.8) is 0 Å². The zero-order chi connectivity index (χ0) is 13.8. The van der Waals surface area contributed by atoms with Gasteiger partial charge in [-0.25, -0.2) is 0 Å². The van der Waals surface area contributed by atoms with Gasteiger partial charge in [0.1, 0.15) is 0 Å². The molecule has 4 heteroatoms. The van der Waals surface area contributed by atoms with Gasteiger partial charge in [-0.3, -0.25) is 0 Å². The number of nitrogens with zero attached hydrogens (tertiary/aromatic N) is 1. The van der Waals surface area contributed by atoms with E-state index >= 15 is 0 Å². The lowest BCUT2D eigenvalue weighted by Gasteiger charge is -2.28.